The highest BCUT2D eigenvalue weighted by Crippen LogP contribution is 2.24. The van der Waals surface area contributed by atoms with Crippen LogP contribution in [0.1, 0.15) is 23.3 Å². The van der Waals surface area contributed by atoms with Crippen LogP contribution in [-0.4, -0.2) is 42.6 Å². The van der Waals surface area contributed by atoms with Crippen molar-refractivity contribution in [1.82, 2.24) is 20.1 Å². The first-order chi connectivity index (χ1) is 13.3. The predicted molar refractivity (Wildman–Crippen MR) is 107 cm³/mol. The Hall–Kier alpha value is -1.88. The number of nitrogens with zero attached hydrogens (tertiary/aromatic N) is 1. The lowest BCUT2D eigenvalue weighted by Crippen LogP contribution is -2.48. The van der Waals surface area contributed by atoms with Gasteiger partial charge in [0.05, 0.1) is 4.90 Å². The molecule has 0 atom stereocenters. The number of aromatic nitrogens is 1. The lowest BCUT2D eigenvalue weighted by molar-refractivity contribution is -0.126. The minimum atomic E-state index is -3.62. The van der Waals surface area contributed by atoms with Crippen molar-refractivity contribution < 1.29 is 18.0 Å². The number of rotatable bonds is 4. The zero-order chi connectivity index (χ0) is 20.3. The van der Waals surface area contributed by atoms with E-state index in [1.165, 1.54) is 28.6 Å². The number of H-pyrrole nitrogens is 1. The number of carbonyl (C=O) groups is 2. The maximum atomic E-state index is 12.7. The number of hydrazine groups is 1. The minimum Gasteiger partial charge on any atom is -0.356 e. The van der Waals surface area contributed by atoms with Gasteiger partial charge in [-0.05, 0) is 59.1 Å². The highest BCUT2D eigenvalue weighted by Gasteiger charge is 2.32. The number of carbonyl (C=O) groups excluding carboxylic acids is 2. The van der Waals surface area contributed by atoms with Crippen molar-refractivity contribution in [2.45, 2.75) is 17.7 Å². The molecule has 1 fully saturated rings. The standard InChI is InChI=1S/C17H18BrClN4O4S/c18-12-9-15(20-10-12)17(25)22-21-16(24)11-5-7-23(8-6-11)28(26,27)14-3-1-13(19)2-4-14/h1-4,9-11,20H,5-8H2,(H,21,24)(H,22,25). The van der Waals surface area contributed by atoms with Crippen molar-refractivity contribution in [3.05, 3.63) is 51.7 Å². The molecule has 0 saturated carbocycles. The molecule has 1 saturated heterocycles. The maximum absolute atomic E-state index is 12.7. The number of sulfonamides is 1. The monoisotopic (exact) mass is 488 g/mol. The molecule has 1 aliphatic rings. The van der Waals surface area contributed by atoms with Gasteiger partial charge >= 0.3 is 0 Å². The van der Waals surface area contributed by atoms with Crippen LogP contribution < -0.4 is 10.9 Å². The third-order valence-corrected chi connectivity index (χ3v) is 7.09. The van der Waals surface area contributed by atoms with Crippen molar-refractivity contribution in [3.63, 3.8) is 0 Å². The number of nitrogens with one attached hydrogen (secondary N) is 3. The molecule has 0 bridgehead atoms. The Balaban J connectivity index is 1.52. The van der Waals surface area contributed by atoms with Crippen LogP contribution in [0.15, 0.2) is 45.9 Å². The van der Waals surface area contributed by atoms with Crippen LogP contribution in [0, 0.1) is 5.92 Å². The third-order valence-electron chi connectivity index (χ3n) is 4.47. The van der Waals surface area contributed by atoms with Crippen molar-refractivity contribution in [2.24, 2.45) is 5.92 Å². The zero-order valence-corrected chi connectivity index (χ0v) is 17.8. The molecule has 2 amide bonds. The van der Waals surface area contributed by atoms with Crippen molar-refractivity contribution in [1.29, 1.82) is 0 Å². The van der Waals surface area contributed by atoms with Crippen LogP contribution in [0.3, 0.4) is 0 Å². The average molecular weight is 490 g/mol. The van der Waals surface area contributed by atoms with E-state index >= 15 is 0 Å². The van der Waals surface area contributed by atoms with Crippen LogP contribution >= 0.6 is 27.5 Å². The second kappa shape index (κ2) is 8.64. The molecule has 2 aromatic rings. The Morgan fingerprint density at radius 2 is 1.79 bits per heavy atom. The molecule has 28 heavy (non-hydrogen) atoms. The molecule has 150 valence electrons. The van der Waals surface area contributed by atoms with Gasteiger partial charge < -0.3 is 4.98 Å². The largest absolute Gasteiger partial charge is 0.356 e. The fourth-order valence-electron chi connectivity index (χ4n) is 2.90. The first kappa shape index (κ1) is 20.8. The van der Waals surface area contributed by atoms with Crippen molar-refractivity contribution in [2.75, 3.05) is 13.1 Å². The molecule has 3 rings (SSSR count). The normalized spacial score (nSPS) is 15.9. The minimum absolute atomic E-state index is 0.171. The van der Waals surface area contributed by atoms with Crippen molar-refractivity contribution in [3.8, 4) is 0 Å². The van der Waals surface area contributed by atoms with E-state index in [4.69, 9.17) is 11.6 Å². The van der Waals surface area contributed by atoms with Gasteiger partial charge in [0.25, 0.3) is 5.91 Å². The summed E-state index contributed by atoms with van der Waals surface area (Å²) < 4.78 is 27.4. The molecule has 1 aliphatic heterocycles. The topological polar surface area (TPSA) is 111 Å². The van der Waals surface area contributed by atoms with E-state index in [1.54, 1.807) is 12.3 Å². The summed E-state index contributed by atoms with van der Waals surface area (Å²) in [6.45, 7) is 0.446. The molecule has 0 spiro atoms. The maximum Gasteiger partial charge on any atom is 0.286 e. The lowest BCUT2D eigenvalue weighted by atomic mass is 9.98. The number of halogens is 2. The number of hydrogen-bond acceptors (Lipinski definition) is 4. The molecular formula is C17H18BrClN4O4S. The Morgan fingerprint density at radius 3 is 2.36 bits per heavy atom. The van der Waals surface area contributed by atoms with Crippen LogP contribution in [0.5, 0.6) is 0 Å². The summed E-state index contributed by atoms with van der Waals surface area (Å²) in [5, 5.41) is 0.461. The summed E-state index contributed by atoms with van der Waals surface area (Å²) in [5.41, 5.74) is 5.04. The van der Waals surface area contributed by atoms with Gasteiger partial charge in [0.2, 0.25) is 15.9 Å². The van der Waals surface area contributed by atoms with E-state index < -0.39 is 15.9 Å². The average Bonchev–Trinajstić information content (AvgIpc) is 3.13. The van der Waals surface area contributed by atoms with Gasteiger partial charge in [-0.2, -0.15) is 4.31 Å². The first-order valence-electron chi connectivity index (χ1n) is 8.47. The van der Waals surface area contributed by atoms with E-state index in [1.807, 2.05) is 0 Å². The molecule has 3 N–H and O–H groups in total. The van der Waals surface area contributed by atoms with Gasteiger partial charge in [-0.1, -0.05) is 11.6 Å². The Labute approximate surface area is 175 Å². The van der Waals surface area contributed by atoms with Crippen molar-refractivity contribution >= 4 is 49.4 Å². The van der Waals surface area contributed by atoms with E-state index in [9.17, 15) is 18.0 Å². The molecule has 1 aromatic heterocycles. The first-order valence-corrected chi connectivity index (χ1v) is 11.1. The predicted octanol–water partition coefficient (Wildman–Crippen LogP) is 2.29. The SMILES string of the molecule is O=C(NNC(=O)C1CCN(S(=O)(=O)c2ccc(Cl)cc2)CC1)c1cc(Br)c[nH]1. The van der Waals surface area contributed by atoms with Gasteiger partial charge in [-0.25, -0.2) is 8.42 Å². The summed E-state index contributed by atoms with van der Waals surface area (Å²) in [6.07, 6.45) is 2.33. The van der Waals surface area contributed by atoms with E-state index in [0.717, 1.165) is 4.47 Å². The van der Waals surface area contributed by atoms with Gasteiger partial charge in [-0.15, -0.1) is 0 Å². The molecule has 1 aromatic carbocycles. The van der Waals surface area contributed by atoms with Gasteiger partial charge in [0.15, 0.2) is 0 Å². The molecule has 0 aliphatic carbocycles. The molecule has 2 heterocycles. The smallest absolute Gasteiger partial charge is 0.286 e. The lowest BCUT2D eigenvalue weighted by Gasteiger charge is -2.30. The number of aromatic amines is 1. The number of hydrogen-bond donors (Lipinski definition) is 3. The quantitative estimate of drug-likeness (QED) is 0.572. The summed E-state index contributed by atoms with van der Waals surface area (Å²) >= 11 is 9.03. The zero-order valence-electron chi connectivity index (χ0n) is 14.6. The highest BCUT2D eigenvalue weighted by molar-refractivity contribution is 9.10. The summed E-state index contributed by atoms with van der Waals surface area (Å²) in [7, 11) is -3.62. The Bertz CT molecular complexity index is 969. The van der Waals surface area contributed by atoms with E-state index in [-0.39, 0.29) is 29.8 Å². The second-order valence-corrected chi connectivity index (χ2v) is 9.60. The molecule has 11 heteroatoms. The van der Waals surface area contributed by atoms with E-state index in [0.29, 0.717) is 23.6 Å². The van der Waals surface area contributed by atoms with E-state index in [2.05, 4.69) is 31.8 Å². The Kier molecular flexibility index (Phi) is 6.43. The summed E-state index contributed by atoms with van der Waals surface area (Å²) in [5.74, 6) is -1.20. The number of benzene rings is 1. The second-order valence-electron chi connectivity index (χ2n) is 6.31. The fraction of sp³-hybridized carbons (Fsp3) is 0.294. The third kappa shape index (κ3) is 4.75. The molecule has 0 radical (unpaired) electrons. The van der Waals surface area contributed by atoms with Gasteiger partial charge in [-0.3, -0.25) is 20.4 Å². The van der Waals surface area contributed by atoms with Crippen LogP contribution in [0.4, 0.5) is 0 Å². The van der Waals surface area contributed by atoms with Crippen LogP contribution in [0.2, 0.25) is 5.02 Å². The fourth-order valence-corrected chi connectivity index (χ4v) is 4.84. The Morgan fingerprint density at radius 1 is 1.14 bits per heavy atom. The number of piperidine rings is 1. The highest BCUT2D eigenvalue weighted by atomic mass is 79.9. The number of amides is 2. The van der Waals surface area contributed by atoms with Crippen LogP contribution in [0.25, 0.3) is 0 Å². The van der Waals surface area contributed by atoms with Gasteiger partial charge in [0.1, 0.15) is 5.69 Å². The molecule has 8 nitrogen and oxygen atoms in total. The van der Waals surface area contributed by atoms with Gasteiger partial charge in [0, 0.05) is 34.7 Å². The molecule has 0 unspecified atom stereocenters. The van der Waals surface area contributed by atoms with Crippen LogP contribution in [-0.2, 0) is 14.8 Å². The molecular weight excluding hydrogens is 472 g/mol. The summed E-state index contributed by atoms with van der Waals surface area (Å²) in [6, 6.07) is 7.57. The summed E-state index contributed by atoms with van der Waals surface area (Å²) in [4.78, 5) is 27.1.